The van der Waals surface area contributed by atoms with Crippen LogP contribution in [0.25, 0.3) is 11.1 Å². The number of amides is 1. The first-order valence-electron chi connectivity index (χ1n) is 12.1. The molecule has 0 unspecified atom stereocenters. The minimum absolute atomic E-state index is 0.100. The highest BCUT2D eigenvalue weighted by Gasteiger charge is 2.20. The van der Waals surface area contributed by atoms with Gasteiger partial charge >= 0.3 is 10.1 Å². The van der Waals surface area contributed by atoms with E-state index in [4.69, 9.17) is 8.60 Å². The van der Waals surface area contributed by atoms with Crippen LogP contribution >= 0.6 is 0 Å². The van der Waals surface area contributed by atoms with E-state index in [0.29, 0.717) is 11.3 Å². The molecule has 4 aromatic carbocycles. The molecule has 1 aromatic heterocycles. The number of halogens is 1. The van der Waals surface area contributed by atoms with E-state index >= 15 is 0 Å². The normalized spacial score (nSPS) is 11.2. The number of nitrogens with zero attached hydrogens (tertiary/aromatic N) is 1. The summed E-state index contributed by atoms with van der Waals surface area (Å²) in [5.41, 5.74) is 3.37. The lowest BCUT2D eigenvalue weighted by Gasteiger charge is -2.22. The molecule has 39 heavy (non-hydrogen) atoms. The van der Waals surface area contributed by atoms with Crippen molar-refractivity contribution in [2.45, 2.75) is 18.0 Å². The van der Waals surface area contributed by atoms with Crippen LogP contribution in [-0.4, -0.2) is 19.2 Å². The minimum Gasteiger partial charge on any atom is -0.467 e. The van der Waals surface area contributed by atoms with Gasteiger partial charge in [-0.1, -0.05) is 54.6 Å². The Morgan fingerprint density at radius 1 is 0.744 bits per heavy atom. The van der Waals surface area contributed by atoms with Gasteiger partial charge in [-0.3, -0.25) is 4.79 Å². The maximum Gasteiger partial charge on any atom is 0.339 e. The Kier molecular flexibility index (Phi) is 7.56. The molecule has 5 aromatic rings. The highest BCUT2D eigenvalue weighted by Crippen LogP contribution is 2.23. The van der Waals surface area contributed by atoms with Gasteiger partial charge in [0.1, 0.15) is 22.2 Å². The molecule has 0 N–H and O–H groups in total. The third-order valence-electron chi connectivity index (χ3n) is 6.06. The molecule has 6 nitrogen and oxygen atoms in total. The number of carbonyl (C=O) groups excluding carboxylic acids is 1. The Hall–Kier alpha value is -4.69. The van der Waals surface area contributed by atoms with Crippen LogP contribution in [-0.2, 0) is 23.2 Å². The third kappa shape index (κ3) is 6.42. The molecule has 1 heterocycles. The van der Waals surface area contributed by atoms with Crippen molar-refractivity contribution in [3.05, 3.63) is 144 Å². The second-order valence-corrected chi connectivity index (χ2v) is 10.4. The lowest BCUT2D eigenvalue weighted by molar-refractivity contribution is 0.0717. The smallest absolute Gasteiger partial charge is 0.339 e. The molecular formula is C31H24FNO5S. The lowest BCUT2D eigenvalue weighted by Crippen LogP contribution is -2.30. The topological polar surface area (TPSA) is 76.8 Å². The van der Waals surface area contributed by atoms with Gasteiger partial charge in [-0.15, -0.1) is 0 Å². The first-order chi connectivity index (χ1) is 18.9. The highest BCUT2D eigenvalue weighted by molar-refractivity contribution is 7.87. The van der Waals surface area contributed by atoms with E-state index in [2.05, 4.69) is 0 Å². The van der Waals surface area contributed by atoms with Crippen molar-refractivity contribution >= 4 is 16.0 Å². The van der Waals surface area contributed by atoms with Crippen molar-refractivity contribution in [2.75, 3.05) is 0 Å². The second-order valence-electron chi connectivity index (χ2n) is 8.82. The molecule has 0 aliphatic rings. The van der Waals surface area contributed by atoms with Crippen molar-refractivity contribution < 1.29 is 26.2 Å². The minimum atomic E-state index is -4.12. The van der Waals surface area contributed by atoms with Crippen molar-refractivity contribution in [3.63, 3.8) is 0 Å². The molecule has 0 fully saturated rings. The number of carbonyl (C=O) groups is 1. The van der Waals surface area contributed by atoms with Gasteiger partial charge in [0.05, 0.1) is 12.8 Å². The monoisotopic (exact) mass is 541 g/mol. The largest absolute Gasteiger partial charge is 0.467 e. The van der Waals surface area contributed by atoms with Crippen molar-refractivity contribution in [2.24, 2.45) is 0 Å². The molecule has 0 aliphatic heterocycles. The van der Waals surface area contributed by atoms with Gasteiger partial charge in [0.25, 0.3) is 5.91 Å². The van der Waals surface area contributed by atoms with Crippen LogP contribution in [0, 0.1) is 5.82 Å². The zero-order valence-electron chi connectivity index (χ0n) is 20.7. The van der Waals surface area contributed by atoms with E-state index in [1.807, 2.05) is 42.5 Å². The number of rotatable bonds is 9. The van der Waals surface area contributed by atoms with E-state index in [1.54, 1.807) is 47.6 Å². The summed E-state index contributed by atoms with van der Waals surface area (Å²) in [5, 5.41) is 0. The van der Waals surface area contributed by atoms with Gasteiger partial charge in [0.2, 0.25) is 0 Å². The maximum absolute atomic E-state index is 13.5. The first-order valence-corrected chi connectivity index (χ1v) is 13.5. The molecule has 196 valence electrons. The molecule has 0 bridgehead atoms. The fourth-order valence-corrected chi connectivity index (χ4v) is 4.99. The molecule has 1 amide bonds. The molecule has 0 saturated heterocycles. The van der Waals surface area contributed by atoms with Gasteiger partial charge in [-0.05, 0) is 77.4 Å². The summed E-state index contributed by atoms with van der Waals surface area (Å²) < 4.78 is 48.8. The fraction of sp³-hybridized carbons (Fsp3) is 0.0645. The average molecular weight is 542 g/mol. The number of benzene rings is 4. The fourth-order valence-electron chi connectivity index (χ4n) is 4.06. The maximum atomic E-state index is 13.5. The zero-order valence-corrected chi connectivity index (χ0v) is 21.6. The van der Waals surface area contributed by atoms with Gasteiger partial charge in [0.15, 0.2) is 0 Å². The molecule has 0 aliphatic carbocycles. The lowest BCUT2D eigenvalue weighted by atomic mass is 10.0. The summed E-state index contributed by atoms with van der Waals surface area (Å²) in [6, 6.07) is 31.7. The summed E-state index contributed by atoms with van der Waals surface area (Å²) in [6.45, 7) is 0.508. The Morgan fingerprint density at radius 3 is 2.05 bits per heavy atom. The molecule has 8 heteroatoms. The number of hydrogen-bond acceptors (Lipinski definition) is 5. The predicted molar refractivity (Wildman–Crippen MR) is 145 cm³/mol. The summed E-state index contributed by atoms with van der Waals surface area (Å²) in [5.74, 6) is 0.0161. The Labute approximate surface area is 226 Å². The van der Waals surface area contributed by atoms with Crippen LogP contribution < -0.4 is 4.18 Å². The van der Waals surface area contributed by atoms with Gasteiger partial charge in [-0.2, -0.15) is 8.42 Å². The molecule has 0 atom stereocenters. The van der Waals surface area contributed by atoms with E-state index in [1.165, 1.54) is 12.1 Å². The molecule has 0 radical (unpaired) electrons. The van der Waals surface area contributed by atoms with Crippen LogP contribution in [0.4, 0.5) is 4.39 Å². The average Bonchev–Trinajstić information content (AvgIpc) is 3.47. The van der Waals surface area contributed by atoms with E-state index in [0.717, 1.165) is 41.0 Å². The molecular weight excluding hydrogens is 517 g/mol. The van der Waals surface area contributed by atoms with Gasteiger partial charge in [-0.25, -0.2) is 4.39 Å². The first kappa shape index (κ1) is 25.9. The van der Waals surface area contributed by atoms with Crippen LogP contribution in [0.3, 0.4) is 0 Å². The number of furan rings is 1. The van der Waals surface area contributed by atoms with Crippen LogP contribution in [0.5, 0.6) is 5.75 Å². The standard InChI is InChI=1S/C31H24FNO5S/c32-27-14-18-30(19-15-27)39(35,36)38-28-16-8-23(9-17-28)21-33(22-29-7-4-20-37-29)31(34)26-12-10-25(11-13-26)24-5-2-1-3-6-24/h1-20H,21-22H2. The number of hydrogen-bond donors (Lipinski definition) is 0. The SMILES string of the molecule is O=C(c1ccc(-c2ccccc2)cc1)N(Cc1ccc(OS(=O)(=O)c2ccc(F)cc2)cc1)Cc1ccco1. The Balaban J connectivity index is 1.32. The zero-order chi connectivity index (χ0) is 27.2. The highest BCUT2D eigenvalue weighted by atomic mass is 32.2. The summed E-state index contributed by atoms with van der Waals surface area (Å²) in [7, 11) is -4.12. The summed E-state index contributed by atoms with van der Waals surface area (Å²) >= 11 is 0. The molecule has 0 spiro atoms. The quantitative estimate of drug-likeness (QED) is 0.194. The predicted octanol–water partition coefficient (Wildman–Crippen LogP) is 6.70. The molecule has 0 saturated carbocycles. The van der Waals surface area contributed by atoms with Crippen molar-refractivity contribution in [3.8, 4) is 16.9 Å². The van der Waals surface area contributed by atoms with E-state index in [-0.39, 0.29) is 29.6 Å². The van der Waals surface area contributed by atoms with Gasteiger partial charge < -0.3 is 13.5 Å². The van der Waals surface area contributed by atoms with Crippen molar-refractivity contribution in [1.82, 2.24) is 4.90 Å². The van der Waals surface area contributed by atoms with Crippen molar-refractivity contribution in [1.29, 1.82) is 0 Å². The van der Waals surface area contributed by atoms with E-state index in [9.17, 15) is 17.6 Å². The van der Waals surface area contributed by atoms with Crippen LogP contribution in [0.2, 0.25) is 0 Å². The Bertz CT molecular complexity index is 1630. The van der Waals surface area contributed by atoms with E-state index < -0.39 is 15.9 Å². The second kappa shape index (κ2) is 11.4. The van der Waals surface area contributed by atoms with Crippen LogP contribution in [0.15, 0.2) is 131 Å². The Morgan fingerprint density at radius 2 is 1.41 bits per heavy atom. The molecule has 5 rings (SSSR count). The third-order valence-corrected chi connectivity index (χ3v) is 7.32. The van der Waals surface area contributed by atoms with Crippen LogP contribution in [0.1, 0.15) is 21.7 Å². The van der Waals surface area contributed by atoms with Gasteiger partial charge in [0, 0.05) is 12.1 Å². The summed E-state index contributed by atoms with van der Waals surface area (Å²) in [4.78, 5) is 15.0. The summed E-state index contributed by atoms with van der Waals surface area (Å²) in [6.07, 6.45) is 1.56.